The molecule has 0 aromatic carbocycles. The average Bonchev–Trinajstić information content (AvgIpc) is 2.64. The molecule has 2 N–H and O–H groups in total. The van der Waals surface area contributed by atoms with Crippen LogP contribution in [-0.4, -0.2) is 24.1 Å². The summed E-state index contributed by atoms with van der Waals surface area (Å²) in [7, 11) is 0. The molecule has 0 amide bonds. The van der Waals surface area contributed by atoms with Crippen molar-refractivity contribution >= 4 is 5.82 Å². The molecule has 2 heterocycles. The summed E-state index contributed by atoms with van der Waals surface area (Å²) in [6.07, 6.45) is 1.85. The van der Waals surface area contributed by atoms with Crippen molar-refractivity contribution in [1.82, 2.24) is 10.3 Å². The first-order valence-electron chi connectivity index (χ1n) is 5.25. The maximum Gasteiger partial charge on any atom is 0.129 e. The maximum absolute atomic E-state index is 4.35. The summed E-state index contributed by atoms with van der Waals surface area (Å²) in [4.78, 5) is 4.35. The van der Waals surface area contributed by atoms with Gasteiger partial charge in [-0.05, 0) is 30.4 Å². The number of hydrogen-bond donors (Lipinski definition) is 2. The number of fused-ring (bicyclic) bond motifs is 1. The lowest BCUT2D eigenvalue weighted by Gasteiger charge is -2.09. The van der Waals surface area contributed by atoms with Gasteiger partial charge in [0.05, 0.1) is 0 Å². The van der Waals surface area contributed by atoms with E-state index in [9.17, 15) is 0 Å². The lowest BCUT2D eigenvalue weighted by molar-refractivity contribution is 0.695. The van der Waals surface area contributed by atoms with Crippen LogP contribution < -0.4 is 10.6 Å². The molecule has 1 aliphatic carbocycles. The van der Waals surface area contributed by atoms with Gasteiger partial charge in [-0.2, -0.15) is 0 Å². The fourth-order valence-corrected chi connectivity index (χ4v) is 2.43. The molecule has 0 spiro atoms. The third-order valence-electron chi connectivity index (χ3n) is 3.40. The number of piperidine rings is 1. The van der Waals surface area contributed by atoms with Gasteiger partial charge in [-0.3, -0.25) is 0 Å². The Labute approximate surface area is 83.9 Å². The third-order valence-corrected chi connectivity index (χ3v) is 3.40. The molecule has 14 heavy (non-hydrogen) atoms. The van der Waals surface area contributed by atoms with Crippen LogP contribution in [0.2, 0.25) is 0 Å². The van der Waals surface area contributed by atoms with Gasteiger partial charge in [0.1, 0.15) is 5.82 Å². The Morgan fingerprint density at radius 2 is 2.21 bits per heavy atom. The number of anilines is 1. The van der Waals surface area contributed by atoms with Gasteiger partial charge in [0.15, 0.2) is 0 Å². The molecule has 3 nitrogen and oxygen atoms in total. The second-order valence-electron chi connectivity index (χ2n) is 4.32. The first-order valence-corrected chi connectivity index (χ1v) is 5.25. The summed E-state index contributed by atoms with van der Waals surface area (Å²) in [5.74, 6) is 2.75. The Balaban J connectivity index is 1.71. The van der Waals surface area contributed by atoms with Crippen molar-refractivity contribution in [3.05, 3.63) is 23.9 Å². The molecule has 2 atom stereocenters. The number of hydrogen-bond acceptors (Lipinski definition) is 3. The molecule has 1 saturated heterocycles. The molecule has 1 aromatic heterocycles. The smallest absolute Gasteiger partial charge is 0.129 e. The van der Waals surface area contributed by atoms with E-state index in [0.717, 1.165) is 17.7 Å². The molecule has 1 aromatic rings. The number of aryl methyl sites for hydroxylation is 1. The van der Waals surface area contributed by atoms with Gasteiger partial charge in [-0.1, -0.05) is 6.07 Å². The fraction of sp³-hybridized carbons (Fsp3) is 0.545. The summed E-state index contributed by atoms with van der Waals surface area (Å²) in [6.45, 7) is 4.45. The Hall–Kier alpha value is -1.09. The minimum absolute atomic E-state index is 0.671. The average molecular weight is 189 g/mol. The zero-order valence-electron chi connectivity index (χ0n) is 8.33. The van der Waals surface area contributed by atoms with Gasteiger partial charge in [0, 0.05) is 25.3 Å². The van der Waals surface area contributed by atoms with Gasteiger partial charge in [-0.15, -0.1) is 0 Å². The van der Waals surface area contributed by atoms with E-state index in [0.29, 0.717) is 6.04 Å². The van der Waals surface area contributed by atoms with Crippen LogP contribution in [0.15, 0.2) is 18.3 Å². The van der Waals surface area contributed by atoms with Crippen molar-refractivity contribution in [2.75, 3.05) is 18.4 Å². The van der Waals surface area contributed by atoms with Crippen LogP contribution in [-0.2, 0) is 0 Å². The number of nitrogens with one attached hydrogen (secondary N) is 2. The van der Waals surface area contributed by atoms with E-state index in [1.165, 1.54) is 18.7 Å². The number of rotatable bonds is 2. The Bertz CT molecular complexity index is 340. The van der Waals surface area contributed by atoms with Crippen molar-refractivity contribution in [2.24, 2.45) is 11.8 Å². The molecular weight excluding hydrogens is 174 g/mol. The standard InChI is InChI=1S/C11H15N3/c1-7-3-2-4-13-11(7)14-10-8-5-12-6-9(8)10/h2-4,8-10,12H,5-6H2,1H3,(H,13,14). The number of aromatic nitrogens is 1. The van der Waals surface area contributed by atoms with Gasteiger partial charge in [0.25, 0.3) is 0 Å². The van der Waals surface area contributed by atoms with E-state index >= 15 is 0 Å². The predicted octanol–water partition coefficient (Wildman–Crippen LogP) is 1.02. The second kappa shape index (κ2) is 2.95. The molecule has 2 fully saturated rings. The van der Waals surface area contributed by atoms with Gasteiger partial charge >= 0.3 is 0 Å². The minimum Gasteiger partial charge on any atom is -0.366 e. The quantitative estimate of drug-likeness (QED) is 0.729. The highest BCUT2D eigenvalue weighted by molar-refractivity contribution is 5.45. The van der Waals surface area contributed by atoms with Crippen LogP contribution in [0, 0.1) is 18.8 Å². The van der Waals surface area contributed by atoms with Crippen molar-refractivity contribution in [3.8, 4) is 0 Å². The van der Waals surface area contributed by atoms with Crippen molar-refractivity contribution in [3.63, 3.8) is 0 Å². The van der Waals surface area contributed by atoms with Crippen molar-refractivity contribution in [1.29, 1.82) is 0 Å². The van der Waals surface area contributed by atoms with E-state index in [1.807, 2.05) is 12.3 Å². The van der Waals surface area contributed by atoms with Crippen LogP contribution in [0.5, 0.6) is 0 Å². The van der Waals surface area contributed by atoms with E-state index in [1.54, 1.807) is 0 Å². The van der Waals surface area contributed by atoms with E-state index < -0.39 is 0 Å². The monoisotopic (exact) mass is 189 g/mol. The SMILES string of the molecule is Cc1cccnc1NC1C2CNCC21. The van der Waals surface area contributed by atoms with Crippen LogP contribution in [0.4, 0.5) is 5.82 Å². The Kier molecular flexibility index (Phi) is 1.74. The van der Waals surface area contributed by atoms with Gasteiger partial charge in [0.2, 0.25) is 0 Å². The summed E-state index contributed by atoms with van der Waals surface area (Å²) >= 11 is 0. The van der Waals surface area contributed by atoms with Gasteiger partial charge in [-0.25, -0.2) is 4.98 Å². The Morgan fingerprint density at radius 3 is 2.93 bits per heavy atom. The molecule has 1 aliphatic heterocycles. The molecule has 1 saturated carbocycles. The topological polar surface area (TPSA) is 37.0 Å². The first kappa shape index (κ1) is 8.24. The molecule has 2 unspecified atom stereocenters. The second-order valence-corrected chi connectivity index (χ2v) is 4.32. The molecular formula is C11H15N3. The fourth-order valence-electron chi connectivity index (χ4n) is 2.43. The molecule has 3 rings (SSSR count). The highest BCUT2D eigenvalue weighted by atomic mass is 15.1. The molecule has 2 aliphatic rings. The van der Waals surface area contributed by atoms with Crippen LogP contribution in [0.1, 0.15) is 5.56 Å². The lowest BCUT2D eigenvalue weighted by Crippen LogP contribution is -2.22. The van der Waals surface area contributed by atoms with Crippen molar-refractivity contribution in [2.45, 2.75) is 13.0 Å². The third kappa shape index (κ3) is 1.20. The zero-order valence-corrected chi connectivity index (χ0v) is 8.33. The van der Waals surface area contributed by atoms with Crippen molar-refractivity contribution < 1.29 is 0 Å². The summed E-state index contributed by atoms with van der Waals surface area (Å²) in [5.41, 5.74) is 1.24. The summed E-state index contributed by atoms with van der Waals surface area (Å²) < 4.78 is 0. The normalized spacial score (nSPS) is 33.9. The Morgan fingerprint density at radius 1 is 1.43 bits per heavy atom. The van der Waals surface area contributed by atoms with E-state index in [2.05, 4.69) is 28.6 Å². The lowest BCUT2D eigenvalue weighted by atomic mass is 10.3. The summed E-state index contributed by atoms with van der Waals surface area (Å²) in [5, 5.41) is 6.93. The molecule has 0 radical (unpaired) electrons. The largest absolute Gasteiger partial charge is 0.366 e. The highest BCUT2D eigenvalue weighted by Gasteiger charge is 2.53. The van der Waals surface area contributed by atoms with Crippen LogP contribution in [0.25, 0.3) is 0 Å². The zero-order chi connectivity index (χ0) is 9.54. The van der Waals surface area contributed by atoms with Crippen LogP contribution >= 0.6 is 0 Å². The maximum atomic E-state index is 4.35. The first-order chi connectivity index (χ1) is 6.86. The molecule has 74 valence electrons. The number of nitrogens with zero attached hydrogens (tertiary/aromatic N) is 1. The van der Waals surface area contributed by atoms with Gasteiger partial charge < -0.3 is 10.6 Å². The minimum atomic E-state index is 0.671. The van der Waals surface area contributed by atoms with E-state index in [4.69, 9.17) is 0 Å². The predicted molar refractivity (Wildman–Crippen MR) is 56.2 cm³/mol. The number of pyridine rings is 1. The molecule has 3 heteroatoms. The highest BCUT2D eigenvalue weighted by Crippen LogP contribution is 2.43. The molecule has 0 bridgehead atoms. The van der Waals surface area contributed by atoms with Crippen LogP contribution in [0.3, 0.4) is 0 Å². The van der Waals surface area contributed by atoms with E-state index in [-0.39, 0.29) is 0 Å². The summed E-state index contributed by atoms with van der Waals surface area (Å²) in [6, 6.07) is 4.76.